The van der Waals surface area contributed by atoms with Crippen LogP contribution >= 0.6 is 0 Å². The summed E-state index contributed by atoms with van der Waals surface area (Å²) in [5.41, 5.74) is 0. The minimum atomic E-state index is -1.51. The molecule has 2 unspecified atom stereocenters. The van der Waals surface area contributed by atoms with Crippen LogP contribution in [0.1, 0.15) is 386 Å². The third kappa shape index (κ3) is 76.0. The third-order valence-electron chi connectivity index (χ3n) is 17.9. The Hall–Kier alpha value is -3.27. The number of aliphatic carboxylic acids is 1. The maximum atomic E-state index is 13.0. The number of rotatable bonds is 75. The Morgan fingerprint density at radius 3 is 0.925 bits per heavy atom. The minimum absolute atomic E-state index is 0.181. The summed E-state index contributed by atoms with van der Waals surface area (Å²) < 4.78 is 23.0. The van der Waals surface area contributed by atoms with Gasteiger partial charge in [0.2, 0.25) is 0 Å². The van der Waals surface area contributed by atoms with Crippen molar-refractivity contribution in [2.45, 2.75) is 399 Å². The van der Waals surface area contributed by atoms with Crippen LogP contribution in [-0.4, -0.2) is 87.4 Å². The van der Waals surface area contributed by atoms with Crippen LogP contribution in [0.5, 0.6) is 0 Å². The number of carbonyl (C=O) groups is 3. The second-order valence-electron chi connectivity index (χ2n) is 28.3. The number of nitrogens with zero attached hydrogens (tertiary/aromatic N) is 1. The Morgan fingerprint density at radius 2 is 0.613 bits per heavy atom. The van der Waals surface area contributed by atoms with Crippen molar-refractivity contribution < 1.29 is 42.9 Å². The molecule has 0 radical (unpaired) electrons. The van der Waals surface area contributed by atoms with Crippen molar-refractivity contribution >= 4 is 17.9 Å². The molecule has 1 N–H and O–H groups in total. The number of carbonyl (C=O) groups excluding carboxylic acids is 2. The second kappa shape index (κ2) is 74.5. The Bertz CT molecular complexity index is 1760. The largest absolute Gasteiger partial charge is 0.477 e. The van der Waals surface area contributed by atoms with Gasteiger partial charge in [-0.05, 0) is 83.5 Å². The summed E-state index contributed by atoms with van der Waals surface area (Å²) >= 11 is 0. The van der Waals surface area contributed by atoms with Crippen LogP contribution in [-0.2, 0) is 33.3 Å². The molecule has 0 bridgehead atoms. The molecule has 542 valence electrons. The highest BCUT2D eigenvalue weighted by Crippen LogP contribution is 2.19. The number of unbranched alkanes of at least 4 members (excludes halogenated alkanes) is 48. The zero-order chi connectivity index (χ0) is 67.5. The lowest BCUT2D eigenvalue weighted by Gasteiger charge is -2.25. The first-order valence-corrected chi connectivity index (χ1v) is 40.1. The predicted molar refractivity (Wildman–Crippen MR) is 401 cm³/mol. The lowest BCUT2D eigenvalue weighted by molar-refractivity contribution is -0.870. The molecule has 0 aromatic rings. The molecule has 0 saturated heterocycles. The van der Waals surface area contributed by atoms with Gasteiger partial charge in [-0.25, -0.2) is 4.79 Å². The smallest absolute Gasteiger partial charge is 0.361 e. The first-order valence-electron chi connectivity index (χ1n) is 40.1. The van der Waals surface area contributed by atoms with E-state index < -0.39 is 24.3 Å². The number of hydrogen-bond donors (Lipinski definition) is 1. The molecule has 93 heavy (non-hydrogen) atoms. The number of ether oxygens (including phenoxy) is 4. The van der Waals surface area contributed by atoms with Gasteiger partial charge in [0.25, 0.3) is 6.29 Å². The van der Waals surface area contributed by atoms with E-state index in [1.807, 2.05) is 21.1 Å². The Morgan fingerprint density at radius 1 is 0.333 bits per heavy atom. The summed E-state index contributed by atoms with van der Waals surface area (Å²) in [6.45, 7) is 4.81. The van der Waals surface area contributed by atoms with Crippen LogP contribution in [0.25, 0.3) is 0 Å². The van der Waals surface area contributed by atoms with Crippen molar-refractivity contribution in [2.24, 2.45) is 0 Å². The topological polar surface area (TPSA) is 108 Å². The molecule has 0 aliphatic rings. The van der Waals surface area contributed by atoms with Crippen molar-refractivity contribution in [1.82, 2.24) is 0 Å². The highest BCUT2D eigenvalue weighted by molar-refractivity contribution is 5.71. The molecule has 0 aliphatic heterocycles. The van der Waals surface area contributed by atoms with Gasteiger partial charge in [0.05, 0.1) is 34.4 Å². The third-order valence-corrected chi connectivity index (χ3v) is 17.9. The van der Waals surface area contributed by atoms with E-state index in [4.69, 9.17) is 18.9 Å². The number of hydrogen-bond acceptors (Lipinski definition) is 7. The van der Waals surface area contributed by atoms with Crippen molar-refractivity contribution in [1.29, 1.82) is 0 Å². The SMILES string of the molecule is CC/C=C\C/C=C\C/C=C\C/C=C\C/C=C\CCCCCCCCCCCCCC(=O)OC(COC(=O)CCCCCCCCCCCCCCCCCCCCCCCCCCCCCCC/C=C\CCCCCCCCCC)COC(OCC[N+](C)(C)C)C(=O)O. The summed E-state index contributed by atoms with van der Waals surface area (Å²) in [6, 6.07) is 0. The molecule has 0 fully saturated rings. The van der Waals surface area contributed by atoms with Crippen molar-refractivity contribution in [3.63, 3.8) is 0 Å². The molecule has 0 saturated carbocycles. The molecule has 9 heteroatoms. The molecule has 0 amide bonds. The number of carboxylic acid groups (broad SMARTS) is 1. The number of likely N-dealkylation sites (N-methyl/N-ethyl adjacent to an activating group) is 1. The highest BCUT2D eigenvalue weighted by Gasteiger charge is 2.25. The van der Waals surface area contributed by atoms with Gasteiger partial charge in [0.15, 0.2) is 6.10 Å². The van der Waals surface area contributed by atoms with E-state index in [0.29, 0.717) is 17.4 Å². The van der Waals surface area contributed by atoms with Gasteiger partial charge in [-0.15, -0.1) is 0 Å². The second-order valence-corrected chi connectivity index (χ2v) is 28.3. The molecule has 0 rings (SSSR count). The van der Waals surface area contributed by atoms with E-state index in [1.54, 1.807) is 0 Å². The Balaban J connectivity index is 3.95. The number of allylic oxidation sites excluding steroid dienone is 12. The van der Waals surface area contributed by atoms with Gasteiger partial charge < -0.3 is 28.5 Å². The zero-order valence-corrected chi connectivity index (χ0v) is 62.2. The minimum Gasteiger partial charge on any atom is -0.477 e. The van der Waals surface area contributed by atoms with Crippen LogP contribution in [0, 0.1) is 0 Å². The maximum absolute atomic E-state index is 13.0. The molecule has 2 atom stereocenters. The molecular weight excluding hydrogens is 1150 g/mol. The van der Waals surface area contributed by atoms with Crippen molar-refractivity contribution in [3.05, 3.63) is 72.9 Å². The average molecular weight is 1310 g/mol. The van der Waals surface area contributed by atoms with Gasteiger partial charge in [-0.1, -0.05) is 363 Å². The van der Waals surface area contributed by atoms with Gasteiger partial charge in [-0.2, -0.15) is 0 Å². The molecule has 0 heterocycles. The monoisotopic (exact) mass is 1310 g/mol. The number of esters is 2. The molecule has 0 spiro atoms. The van der Waals surface area contributed by atoms with Crippen molar-refractivity contribution in [2.75, 3.05) is 47.5 Å². The van der Waals surface area contributed by atoms with Crippen LogP contribution in [0.4, 0.5) is 0 Å². The maximum Gasteiger partial charge on any atom is 0.361 e. The summed E-state index contributed by atoms with van der Waals surface area (Å²) in [5.74, 6) is -1.99. The van der Waals surface area contributed by atoms with Gasteiger partial charge >= 0.3 is 17.9 Å². The molecular formula is C84H154NO8+. The summed E-state index contributed by atoms with van der Waals surface area (Å²) in [5, 5.41) is 9.77. The van der Waals surface area contributed by atoms with Gasteiger partial charge in [-0.3, -0.25) is 9.59 Å². The average Bonchev–Trinajstić information content (AvgIpc) is 3.38. The first-order chi connectivity index (χ1) is 45.6. The Labute approximate surface area is 577 Å². The van der Waals surface area contributed by atoms with E-state index >= 15 is 0 Å². The van der Waals surface area contributed by atoms with Crippen LogP contribution < -0.4 is 0 Å². The number of quaternary nitrogens is 1. The lowest BCUT2D eigenvalue weighted by Crippen LogP contribution is -2.40. The van der Waals surface area contributed by atoms with E-state index in [1.165, 1.54) is 283 Å². The van der Waals surface area contributed by atoms with Gasteiger partial charge in [0.1, 0.15) is 13.2 Å². The Kier molecular flexibility index (Phi) is 71.9. The normalized spacial score (nSPS) is 13.0. The fourth-order valence-corrected chi connectivity index (χ4v) is 11.9. The van der Waals surface area contributed by atoms with E-state index in [-0.39, 0.29) is 32.2 Å². The lowest BCUT2D eigenvalue weighted by atomic mass is 10.0. The molecule has 9 nitrogen and oxygen atoms in total. The summed E-state index contributed by atoms with van der Waals surface area (Å²) in [4.78, 5) is 37.7. The van der Waals surface area contributed by atoms with Crippen LogP contribution in [0.3, 0.4) is 0 Å². The fraction of sp³-hybridized carbons (Fsp3) is 0.821. The van der Waals surface area contributed by atoms with Crippen LogP contribution in [0.15, 0.2) is 72.9 Å². The van der Waals surface area contributed by atoms with Crippen molar-refractivity contribution in [3.8, 4) is 0 Å². The van der Waals surface area contributed by atoms with E-state index in [2.05, 4.69) is 86.8 Å². The highest BCUT2D eigenvalue weighted by atomic mass is 16.7. The first kappa shape index (κ1) is 89.7. The van der Waals surface area contributed by atoms with E-state index in [9.17, 15) is 19.5 Å². The molecule has 0 aromatic carbocycles. The molecule has 0 aliphatic carbocycles. The quantitative estimate of drug-likeness (QED) is 0.0211. The van der Waals surface area contributed by atoms with E-state index in [0.717, 1.165) is 77.0 Å². The standard InChI is InChI=1S/C84H153NO8/c1-6-8-10-12-14-16-18-20-22-24-26-28-30-32-34-35-36-37-38-39-40-41-42-43-44-45-46-47-49-50-52-54-56-58-60-62-64-66-68-70-72-74-81(86)91-78-80(79-92-84(83(88)89)90-77-76-85(3,4)5)93-82(87)75-73-71-69-67-65-63-61-59-57-55-53-51-48-33-31-29-27-25-23-21-19-17-15-13-11-9-7-2/h9,11,15,17,21,23-24,26-27,29,33,48,80,84H,6-8,10,12-14,16,18-20,22,25,28,30-32,34-47,49-79H2,1-5H3/p+1/b11-9-,17-15-,23-21-,26-24-,29-27-,48-33-. The summed E-state index contributed by atoms with van der Waals surface area (Å²) in [7, 11) is 5.99. The summed E-state index contributed by atoms with van der Waals surface area (Å²) in [6.07, 6.45) is 97.8. The number of carboxylic acids is 1. The predicted octanol–water partition coefficient (Wildman–Crippen LogP) is 25.6. The molecule has 0 aromatic heterocycles. The zero-order valence-electron chi connectivity index (χ0n) is 62.2. The van der Waals surface area contributed by atoms with Gasteiger partial charge in [0, 0.05) is 12.8 Å². The van der Waals surface area contributed by atoms with Crippen LogP contribution in [0.2, 0.25) is 0 Å². The fourth-order valence-electron chi connectivity index (χ4n) is 11.9.